The number of thioether (sulfide) groups is 1. The third-order valence-electron chi connectivity index (χ3n) is 3.34. The van der Waals surface area contributed by atoms with Crippen LogP contribution in [0, 0.1) is 5.82 Å². The van der Waals surface area contributed by atoms with Crippen LogP contribution in [-0.2, 0) is 10.0 Å². The molecule has 3 rings (SSSR count). The maximum atomic E-state index is 13.6. The van der Waals surface area contributed by atoms with E-state index in [4.69, 9.17) is 4.42 Å². The van der Waals surface area contributed by atoms with Crippen LogP contribution in [0.5, 0.6) is 0 Å². The fourth-order valence-corrected chi connectivity index (χ4v) is 3.38. The minimum absolute atomic E-state index is 0.0127. The summed E-state index contributed by atoms with van der Waals surface area (Å²) in [6.45, 7) is 0. The minimum Gasteiger partial charge on any atom is -0.411 e. The highest BCUT2D eigenvalue weighted by Crippen LogP contribution is 2.25. The molecule has 10 heteroatoms. The van der Waals surface area contributed by atoms with Gasteiger partial charge in [0, 0.05) is 11.3 Å². The fraction of sp³-hybridized carbons (Fsp3) is 0.118. The van der Waals surface area contributed by atoms with Crippen LogP contribution in [0.3, 0.4) is 0 Å². The lowest BCUT2D eigenvalue weighted by molar-refractivity contribution is 0.101. The van der Waals surface area contributed by atoms with Gasteiger partial charge in [0.05, 0.1) is 17.6 Å². The van der Waals surface area contributed by atoms with Gasteiger partial charge in [-0.2, -0.15) is 0 Å². The first-order valence-corrected chi connectivity index (χ1v) is 10.5. The topological polar surface area (TPSA) is 102 Å². The summed E-state index contributed by atoms with van der Waals surface area (Å²) < 4.78 is 43.8. The van der Waals surface area contributed by atoms with Gasteiger partial charge in [-0.25, -0.2) is 12.8 Å². The average molecular weight is 407 g/mol. The molecule has 140 valence electrons. The van der Waals surface area contributed by atoms with Crippen LogP contribution in [0.25, 0.3) is 11.5 Å². The highest BCUT2D eigenvalue weighted by molar-refractivity contribution is 7.99. The van der Waals surface area contributed by atoms with Crippen molar-refractivity contribution in [2.24, 2.45) is 0 Å². The monoisotopic (exact) mass is 407 g/mol. The number of hydrogen-bond acceptors (Lipinski definition) is 7. The van der Waals surface area contributed by atoms with E-state index in [9.17, 15) is 17.6 Å². The number of nitrogens with zero attached hydrogens (tertiary/aromatic N) is 2. The number of aromatic nitrogens is 2. The number of benzene rings is 2. The van der Waals surface area contributed by atoms with Crippen LogP contribution in [0.1, 0.15) is 10.4 Å². The van der Waals surface area contributed by atoms with Gasteiger partial charge in [-0.1, -0.05) is 23.9 Å². The Balaban J connectivity index is 1.65. The number of rotatable bonds is 7. The Morgan fingerprint density at radius 1 is 1.15 bits per heavy atom. The smallest absolute Gasteiger partial charge is 0.277 e. The van der Waals surface area contributed by atoms with Gasteiger partial charge in [0.1, 0.15) is 5.82 Å². The number of carbonyl (C=O) groups is 1. The summed E-state index contributed by atoms with van der Waals surface area (Å²) in [6.07, 6.45) is 1.06. The molecule has 0 aliphatic heterocycles. The van der Waals surface area contributed by atoms with Crippen molar-refractivity contribution >= 4 is 33.3 Å². The van der Waals surface area contributed by atoms with E-state index >= 15 is 0 Å². The average Bonchev–Trinajstić information content (AvgIpc) is 3.08. The molecule has 0 aliphatic rings. The fourth-order valence-electron chi connectivity index (χ4n) is 2.17. The summed E-state index contributed by atoms with van der Waals surface area (Å²) in [5.41, 5.74) is 1.01. The van der Waals surface area contributed by atoms with Gasteiger partial charge >= 0.3 is 0 Å². The summed E-state index contributed by atoms with van der Waals surface area (Å²) in [4.78, 5) is 12.1. The first-order chi connectivity index (χ1) is 12.8. The molecular weight excluding hydrogens is 393 g/mol. The van der Waals surface area contributed by atoms with Crippen molar-refractivity contribution in [1.82, 2.24) is 10.2 Å². The van der Waals surface area contributed by atoms with Crippen molar-refractivity contribution in [2.45, 2.75) is 5.22 Å². The van der Waals surface area contributed by atoms with E-state index < -0.39 is 15.8 Å². The first-order valence-electron chi connectivity index (χ1n) is 7.64. The Morgan fingerprint density at radius 2 is 1.85 bits per heavy atom. The van der Waals surface area contributed by atoms with E-state index in [1.807, 2.05) is 0 Å². The lowest BCUT2D eigenvalue weighted by Gasteiger charge is -2.03. The molecule has 0 unspecified atom stereocenters. The summed E-state index contributed by atoms with van der Waals surface area (Å²) >= 11 is 1.01. The number of halogens is 1. The van der Waals surface area contributed by atoms with Crippen molar-refractivity contribution < 1.29 is 22.0 Å². The van der Waals surface area contributed by atoms with Gasteiger partial charge in [0.15, 0.2) is 5.78 Å². The van der Waals surface area contributed by atoms with Gasteiger partial charge in [0.2, 0.25) is 15.9 Å². The number of ketones is 1. The van der Waals surface area contributed by atoms with Gasteiger partial charge in [-0.3, -0.25) is 9.52 Å². The van der Waals surface area contributed by atoms with E-state index in [2.05, 4.69) is 14.9 Å². The van der Waals surface area contributed by atoms with Crippen molar-refractivity contribution in [1.29, 1.82) is 0 Å². The van der Waals surface area contributed by atoms with Crippen LogP contribution >= 0.6 is 11.8 Å². The van der Waals surface area contributed by atoms with Crippen LogP contribution in [0.4, 0.5) is 10.1 Å². The van der Waals surface area contributed by atoms with Gasteiger partial charge in [-0.15, -0.1) is 10.2 Å². The third kappa shape index (κ3) is 5.14. The Bertz CT molecular complexity index is 1070. The van der Waals surface area contributed by atoms with E-state index in [-0.39, 0.29) is 28.2 Å². The predicted octanol–water partition coefficient (Wildman–Crippen LogP) is 3.22. The first kappa shape index (κ1) is 19.1. The summed E-state index contributed by atoms with van der Waals surface area (Å²) in [7, 11) is -3.36. The van der Waals surface area contributed by atoms with E-state index in [1.54, 1.807) is 30.3 Å². The summed E-state index contributed by atoms with van der Waals surface area (Å²) in [5, 5.41) is 7.92. The Morgan fingerprint density at radius 3 is 2.52 bits per heavy atom. The second kappa shape index (κ2) is 7.89. The zero-order valence-electron chi connectivity index (χ0n) is 14.0. The van der Waals surface area contributed by atoms with E-state index in [0.717, 1.165) is 18.0 Å². The molecule has 0 spiro atoms. The quantitative estimate of drug-likeness (QED) is 0.474. The van der Waals surface area contributed by atoms with Crippen LogP contribution < -0.4 is 4.72 Å². The molecular formula is C17H14FN3O4S2. The number of nitrogens with one attached hydrogen (secondary N) is 1. The number of hydrogen-bond donors (Lipinski definition) is 1. The largest absolute Gasteiger partial charge is 0.411 e. The Hall–Kier alpha value is -2.72. The second-order valence-corrected chi connectivity index (χ2v) is 8.19. The maximum absolute atomic E-state index is 13.6. The summed E-state index contributed by atoms with van der Waals surface area (Å²) in [5.74, 6) is -0.771. The van der Waals surface area contributed by atoms with Crippen molar-refractivity contribution in [3.05, 3.63) is 59.9 Å². The zero-order valence-corrected chi connectivity index (χ0v) is 15.7. The predicted molar refractivity (Wildman–Crippen MR) is 99.7 cm³/mol. The van der Waals surface area contributed by atoms with Crippen LogP contribution in [0.2, 0.25) is 0 Å². The molecule has 0 saturated carbocycles. The molecule has 1 heterocycles. The Kier molecular flexibility index (Phi) is 5.57. The van der Waals surface area contributed by atoms with Crippen molar-refractivity contribution in [2.75, 3.05) is 16.7 Å². The SMILES string of the molecule is CS(=O)(=O)Nc1ccc(-c2nnc(SCC(=O)c3ccccc3F)o2)cc1. The third-order valence-corrected chi connectivity index (χ3v) is 4.77. The van der Waals surface area contributed by atoms with E-state index in [0.29, 0.717) is 11.3 Å². The van der Waals surface area contributed by atoms with Gasteiger partial charge < -0.3 is 4.42 Å². The summed E-state index contributed by atoms with van der Waals surface area (Å²) in [6, 6.07) is 12.1. The molecule has 0 amide bonds. The zero-order chi connectivity index (χ0) is 19.4. The molecule has 7 nitrogen and oxygen atoms in total. The normalized spacial score (nSPS) is 11.3. The number of carbonyl (C=O) groups excluding carboxylic acids is 1. The molecule has 27 heavy (non-hydrogen) atoms. The standard InChI is InChI=1S/C17H14FN3O4S2/c1-27(23,24)21-12-8-6-11(7-9-12)16-19-20-17(25-16)26-10-15(22)13-4-2-3-5-14(13)18/h2-9,21H,10H2,1H3. The van der Waals surface area contributed by atoms with E-state index in [1.165, 1.54) is 18.2 Å². The molecule has 1 N–H and O–H groups in total. The van der Waals surface area contributed by atoms with Crippen molar-refractivity contribution in [3.63, 3.8) is 0 Å². The maximum Gasteiger partial charge on any atom is 0.277 e. The molecule has 2 aromatic carbocycles. The van der Waals surface area contributed by atoms with Crippen molar-refractivity contribution in [3.8, 4) is 11.5 Å². The Labute approximate surface area is 159 Å². The molecule has 1 aromatic heterocycles. The number of sulfonamides is 1. The highest BCUT2D eigenvalue weighted by Gasteiger charge is 2.15. The second-order valence-electron chi connectivity index (χ2n) is 5.52. The number of Topliss-reactive ketones (excluding diaryl/α,β-unsaturated/α-hetero) is 1. The number of anilines is 1. The lowest BCUT2D eigenvalue weighted by Crippen LogP contribution is -2.09. The highest BCUT2D eigenvalue weighted by atomic mass is 32.2. The lowest BCUT2D eigenvalue weighted by atomic mass is 10.1. The molecule has 0 saturated heterocycles. The molecule has 0 radical (unpaired) electrons. The molecule has 3 aromatic rings. The minimum atomic E-state index is -3.36. The van der Waals surface area contributed by atoms with Gasteiger partial charge in [-0.05, 0) is 36.4 Å². The molecule has 0 bridgehead atoms. The molecule has 0 atom stereocenters. The molecule has 0 aliphatic carbocycles. The van der Waals surface area contributed by atoms with Gasteiger partial charge in [0.25, 0.3) is 5.22 Å². The van der Waals surface area contributed by atoms with Crippen LogP contribution in [-0.4, -0.2) is 36.4 Å². The van der Waals surface area contributed by atoms with Crippen LogP contribution in [0.15, 0.2) is 58.2 Å². The molecule has 0 fully saturated rings.